The molecule has 0 bridgehead atoms. The summed E-state index contributed by atoms with van der Waals surface area (Å²) in [7, 11) is 0. The number of isocyanates is 2. The Kier molecular flexibility index (Phi) is 6.78. The Bertz CT molecular complexity index is 664. The Hall–Kier alpha value is -2.84. The maximum Gasteiger partial charge on any atom is 0.236 e. The highest BCUT2D eigenvalue weighted by atomic mass is 16.1. The van der Waals surface area contributed by atoms with Crippen molar-refractivity contribution < 1.29 is 15.1 Å². The summed E-state index contributed by atoms with van der Waals surface area (Å²) in [6.45, 7) is 1.90. The van der Waals surface area contributed by atoms with Gasteiger partial charge in [0.25, 0.3) is 0 Å². The van der Waals surface area contributed by atoms with Gasteiger partial charge in [0.15, 0.2) is 0 Å². The van der Waals surface area contributed by atoms with E-state index in [0.29, 0.717) is 6.42 Å². The minimum Gasteiger partial charge on any atom is -0.412 e. The maximum absolute atomic E-state index is 11.2. The molecule has 118 valence electrons. The molecule has 0 spiro atoms. The van der Waals surface area contributed by atoms with Crippen molar-refractivity contribution in [1.29, 1.82) is 0 Å². The molecule has 0 heterocycles. The highest BCUT2D eigenvalue weighted by Crippen LogP contribution is 2.39. The molecule has 0 saturated carbocycles. The van der Waals surface area contributed by atoms with Gasteiger partial charge in [-0.1, -0.05) is 67.6 Å². The van der Waals surface area contributed by atoms with E-state index >= 15 is 0 Å². The summed E-state index contributed by atoms with van der Waals surface area (Å²) in [5.74, 6) is 0. The van der Waals surface area contributed by atoms with Crippen molar-refractivity contribution in [2.45, 2.75) is 24.9 Å². The zero-order chi connectivity index (χ0) is 15.8. The van der Waals surface area contributed by atoms with E-state index in [-0.39, 0.29) is 5.48 Å². The predicted molar refractivity (Wildman–Crippen MR) is 87.6 cm³/mol. The first-order valence-corrected chi connectivity index (χ1v) is 7.06. The average molecular weight is 310 g/mol. The first-order valence-electron chi connectivity index (χ1n) is 7.06. The van der Waals surface area contributed by atoms with Crippen LogP contribution in [0.3, 0.4) is 0 Å². The maximum atomic E-state index is 11.2. The number of hydrogen-bond acceptors (Lipinski definition) is 4. The molecule has 0 saturated heterocycles. The minimum atomic E-state index is -1.07. The summed E-state index contributed by atoms with van der Waals surface area (Å²) in [6.07, 6.45) is 3.80. The zero-order valence-electron chi connectivity index (χ0n) is 12.8. The lowest BCUT2D eigenvalue weighted by atomic mass is 9.76. The number of hydrogen-bond donors (Lipinski definition) is 0. The van der Waals surface area contributed by atoms with Crippen LogP contribution in [0.5, 0.6) is 0 Å². The van der Waals surface area contributed by atoms with E-state index in [1.54, 1.807) is 12.2 Å². The molecule has 0 aliphatic carbocycles. The van der Waals surface area contributed by atoms with Crippen molar-refractivity contribution >= 4 is 12.2 Å². The fourth-order valence-electron chi connectivity index (χ4n) is 2.76. The second-order valence-electron chi connectivity index (χ2n) is 4.85. The molecule has 1 unspecified atom stereocenters. The van der Waals surface area contributed by atoms with Gasteiger partial charge in [-0.3, -0.25) is 0 Å². The highest BCUT2D eigenvalue weighted by molar-refractivity contribution is 5.48. The van der Waals surface area contributed by atoms with E-state index in [9.17, 15) is 9.59 Å². The van der Waals surface area contributed by atoms with Crippen molar-refractivity contribution in [1.82, 2.24) is 0 Å². The van der Waals surface area contributed by atoms with E-state index < -0.39 is 11.6 Å². The lowest BCUT2D eigenvalue weighted by Gasteiger charge is -2.33. The van der Waals surface area contributed by atoms with Crippen molar-refractivity contribution in [3.63, 3.8) is 0 Å². The van der Waals surface area contributed by atoms with E-state index in [1.807, 2.05) is 67.6 Å². The highest BCUT2D eigenvalue weighted by Gasteiger charge is 2.42. The van der Waals surface area contributed by atoms with Crippen molar-refractivity contribution in [2.24, 2.45) is 9.98 Å². The molecular weight excluding hydrogens is 292 g/mol. The van der Waals surface area contributed by atoms with Crippen LogP contribution in [0.4, 0.5) is 0 Å². The Morgan fingerprint density at radius 2 is 1.39 bits per heavy atom. The molecule has 1 atom stereocenters. The molecule has 2 aromatic carbocycles. The van der Waals surface area contributed by atoms with Crippen molar-refractivity contribution in [2.75, 3.05) is 0 Å². The summed E-state index contributed by atoms with van der Waals surface area (Å²) in [5.41, 5.74) is 0.502. The third-order valence-corrected chi connectivity index (χ3v) is 3.73. The molecule has 0 radical (unpaired) electrons. The van der Waals surface area contributed by atoms with E-state index in [1.165, 1.54) is 0 Å². The van der Waals surface area contributed by atoms with Crippen molar-refractivity contribution in [3.05, 3.63) is 71.8 Å². The van der Waals surface area contributed by atoms with Gasteiger partial charge in [0, 0.05) is 0 Å². The molecular formula is C18H18N2O3. The molecule has 0 aliphatic heterocycles. The van der Waals surface area contributed by atoms with Gasteiger partial charge in [0.05, 0.1) is 6.04 Å². The van der Waals surface area contributed by atoms with Gasteiger partial charge in [0.2, 0.25) is 12.2 Å². The van der Waals surface area contributed by atoms with Crippen LogP contribution < -0.4 is 0 Å². The summed E-state index contributed by atoms with van der Waals surface area (Å²) in [4.78, 5) is 30.0. The van der Waals surface area contributed by atoms with Crippen LogP contribution >= 0.6 is 0 Å². The van der Waals surface area contributed by atoms with E-state index in [4.69, 9.17) is 0 Å². The van der Waals surface area contributed by atoms with Gasteiger partial charge < -0.3 is 5.48 Å². The van der Waals surface area contributed by atoms with Crippen LogP contribution in [0.1, 0.15) is 24.5 Å². The van der Waals surface area contributed by atoms with Gasteiger partial charge in [-0.15, -0.1) is 0 Å². The summed E-state index contributed by atoms with van der Waals surface area (Å²) in [5, 5.41) is 0. The summed E-state index contributed by atoms with van der Waals surface area (Å²) >= 11 is 0. The molecule has 0 amide bonds. The minimum absolute atomic E-state index is 0. The van der Waals surface area contributed by atoms with Crippen LogP contribution in [0.15, 0.2) is 70.6 Å². The lowest BCUT2D eigenvalue weighted by molar-refractivity contribution is 0.408. The van der Waals surface area contributed by atoms with Crippen molar-refractivity contribution in [3.8, 4) is 0 Å². The van der Waals surface area contributed by atoms with Crippen LogP contribution in [-0.2, 0) is 15.1 Å². The van der Waals surface area contributed by atoms with Gasteiger partial charge in [-0.25, -0.2) is 9.59 Å². The van der Waals surface area contributed by atoms with Crippen LogP contribution in [0.25, 0.3) is 0 Å². The van der Waals surface area contributed by atoms with Gasteiger partial charge >= 0.3 is 0 Å². The third kappa shape index (κ3) is 3.50. The molecule has 2 rings (SSSR count). The molecule has 5 heteroatoms. The first kappa shape index (κ1) is 18.2. The second kappa shape index (κ2) is 8.57. The molecule has 2 N–H and O–H groups in total. The van der Waals surface area contributed by atoms with Crippen LogP contribution in [0, 0.1) is 0 Å². The van der Waals surface area contributed by atoms with E-state index in [2.05, 4.69) is 9.98 Å². The number of rotatable bonds is 6. The average Bonchev–Trinajstić information content (AvgIpc) is 2.59. The zero-order valence-corrected chi connectivity index (χ0v) is 12.8. The number of carbonyl (C=O) groups excluding carboxylic acids is 2. The Morgan fingerprint density at radius 3 is 1.74 bits per heavy atom. The van der Waals surface area contributed by atoms with Crippen LogP contribution in [0.2, 0.25) is 0 Å². The van der Waals surface area contributed by atoms with Crippen LogP contribution in [-0.4, -0.2) is 23.7 Å². The molecule has 0 aliphatic rings. The van der Waals surface area contributed by atoms with Gasteiger partial charge in [-0.05, 0) is 17.5 Å². The largest absolute Gasteiger partial charge is 0.412 e. The monoisotopic (exact) mass is 310 g/mol. The molecule has 0 aromatic heterocycles. The third-order valence-electron chi connectivity index (χ3n) is 3.73. The summed E-state index contributed by atoms with van der Waals surface area (Å²) in [6, 6.07) is 18.2. The molecule has 5 nitrogen and oxygen atoms in total. The van der Waals surface area contributed by atoms with Gasteiger partial charge in [-0.2, -0.15) is 9.98 Å². The normalized spacial score (nSPS) is 11.3. The number of benzene rings is 2. The smallest absolute Gasteiger partial charge is 0.236 e. The molecule has 0 fully saturated rings. The topological polar surface area (TPSA) is 90.4 Å². The Balaban J connectivity index is 0.00000264. The quantitative estimate of drug-likeness (QED) is 0.606. The fourth-order valence-corrected chi connectivity index (χ4v) is 2.76. The fraction of sp³-hybridized carbons (Fsp3) is 0.222. The van der Waals surface area contributed by atoms with Gasteiger partial charge in [0.1, 0.15) is 5.54 Å². The summed E-state index contributed by atoms with van der Waals surface area (Å²) < 4.78 is 0. The Morgan fingerprint density at radius 1 is 0.913 bits per heavy atom. The number of aliphatic imine (C=N–C) groups is 2. The molecule has 23 heavy (non-hydrogen) atoms. The predicted octanol–water partition coefficient (Wildman–Crippen LogP) is 2.56. The van der Waals surface area contributed by atoms with E-state index in [0.717, 1.165) is 11.1 Å². The first-order chi connectivity index (χ1) is 10.8. The molecule has 2 aromatic rings. The Labute approximate surface area is 134 Å². The lowest BCUT2D eigenvalue weighted by Crippen LogP contribution is -2.37. The number of nitrogens with zero attached hydrogens (tertiary/aromatic N) is 2. The SMILES string of the molecule is CCC(N=C=O)C(N=C=O)(c1ccccc1)c1ccccc1.O. The second-order valence-corrected chi connectivity index (χ2v) is 4.85. The standard InChI is InChI=1S/C18H16N2O2.H2O/c1-2-17(19-13-21)18(20-14-22,15-9-5-3-6-10-15)16-11-7-4-8-12-16;/h3-12,17H,2H2,1H3;1H2.